The number of carbonyl (C=O) groups excluding carboxylic acids is 1. The van der Waals surface area contributed by atoms with Crippen LogP contribution in [0.2, 0.25) is 0 Å². The summed E-state index contributed by atoms with van der Waals surface area (Å²) < 4.78 is 5.16. The molecule has 0 amide bonds. The van der Waals surface area contributed by atoms with Gasteiger partial charge in [-0.3, -0.25) is 0 Å². The fraction of sp³-hybridized carbons (Fsp3) is 0.889. The first-order chi connectivity index (χ1) is 6.03. The summed E-state index contributed by atoms with van der Waals surface area (Å²) in [6.07, 6.45) is 2.82. The molecule has 2 rings (SSSR count). The number of aliphatic hydroxyl groups is 1. The summed E-state index contributed by atoms with van der Waals surface area (Å²) in [5, 5.41) is 9.88. The lowest BCUT2D eigenvalue weighted by molar-refractivity contribution is -0.154. The van der Waals surface area contributed by atoms with Crippen LogP contribution in [0.3, 0.4) is 0 Å². The van der Waals surface area contributed by atoms with Crippen LogP contribution < -0.4 is 0 Å². The Morgan fingerprint density at radius 1 is 1.62 bits per heavy atom. The first kappa shape index (κ1) is 9.46. The number of hydrogen-bond acceptors (Lipinski definition) is 3. The molecule has 13 heavy (non-hydrogen) atoms. The molecule has 0 unspecified atom stereocenters. The van der Waals surface area contributed by atoms with Gasteiger partial charge in [-0.05, 0) is 19.8 Å². The van der Waals surface area contributed by atoms with Crippen molar-refractivity contribution < 1.29 is 14.6 Å². The average Bonchev–Trinajstić information content (AvgIpc) is 2.28. The Kier molecular flexibility index (Phi) is 2.15. The highest BCUT2D eigenvalue weighted by Crippen LogP contribution is 2.43. The molecule has 0 spiro atoms. The van der Waals surface area contributed by atoms with E-state index in [2.05, 4.69) is 15.9 Å². The molecule has 0 aromatic rings. The van der Waals surface area contributed by atoms with E-state index in [0.717, 1.165) is 19.3 Å². The maximum atomic E-state index is 11.3. The second-order valence-electron chi connectivity index (χ2n) is 4.07. The van der Waals surface area contributed by atoms with Gasteiger partial charge in [0, 0.05) is 5.92 Å². The number of halogens is 1. The molecule has 2 fully saturated rings. The first-order valence-corrected chi connectivity index (χ1v) is 5.52. The van der Waals surface area contributed by atoms with Gasteiger partial charge < -0.3 is 9.84 Å². The molecule has 0 radical (unpaired) electrons. The zero-order valence-corrected chi connectivity index (χ0v) is 9.08. The van der Waals surface area contributed by atoms with E-state index in [1.54, 1.807) is 6.92 Å². The summed E-state index contributed by atoms with van der Waals surface area (Å²) in [7, 11) is 0. The van der Waals surface area contributed by atoms with Crippen molar-refractivity contribution in [2.24, 2.45) is 5.92 Å². The summed E-state index contributed by atoms with van der Waals surface area (Å²) in [5.41, 5.74) is -1.27. The molecule has 4 atom stereocenters. The van der Waals surface area contributed by atoms with E-state index in [0.29, 0.717) is 0 Å². The van der Waals surface area contributed by atoms with Crippen molar-refractivity contribution in [3.63, 3.8) is 0 Å². The quantitative estimate of drug-likeness (QED) is 0.518. The summed E-state index contributed by atoms with van der Waals surface area (Å²) >= 11 is 3.49. The van der Waals surface area contributed by atoms with Gasteiger partial charge in [-0.25, -0.2) is 4.79 Å². The van der Waals surface area contributed by atoms with Gasteiger partial charge in [0.05, 0.1) is 4.83 Å². The minimum absolute atomic E-state index is 0.0295. The fourth-order valence-corrected chi connectivity index (χ4v) is 3.06. The number of fused-ring (bicyclic) bond motifs is 1. The lowest BCUT2D eigenvalue weighted by Crippen LogP contribution is -2.42. The molecule has 3 nitrogen and oxygen atoms in total. The first-order valence-electron chi connectivity index (χ1n) is 4.61. The fourth-order valence-electron chi connectivity index (χ4n) is 2.26. The predicted molar refractivity (Wildman–Crippen MR) is 50.6 cm³/mol. The Balaban J connectivity index is 2.25. The van der Waals surface area contributed by atoms with E-state index in [4.69, 9.17) is 4.74 Å². The number of ether oxygens (including phenoxy) is 1. The standard InChI is InChI=1S/C9H13BrO3/c1-9(12)5-3-2-4-6(10)7(5)13-8(9)11/h5-7,12H,2-4H2,1H3/t5-,6-,7-,9-/m0/s1. The second-order valence-corrected chi connectivity index (χ2v) is 5.25. The molecule has 0 aromatic heterocycles. The van der Waals surface area contributed by atoms with Crippen molar-refractivity contribution in [1.29, 1.82) is 0 Å². The molecule has 1 aliphatic heterocycles. The Labute approximate surface area is 85.6 Å². The molecule has 0 aromatic carbocycles. The average molecular weight is 249 g/mol. The molecule has 1 N–H and O–H groups in total. The van der Waals surface area contributed by atoms with Crippen molar-refractivity contribution in [3.8, 4) is 0 Å². The topological polar surface area (TPSA) is 46.5 Å². The maximum Gasteiger partial charge on any atom is 0.338 e. The Morgan fingerprint density at radius 3 is 2.92 bits per heavy atom. The van der Waals surface area contributed by atoms with E-state index in [1.807, 2.05) is 0 Å². The largest absolute Gasteiger partial charge is 0.459 e. The van der Waals surface area contributed by atoms with Crippen LogP contribution in [0.5, 0.6) is 0 Å². The number of hydrogen-bond donors (Lipinski definition) is 1. The number of rotatable bonds is 0. The molecular weight excluding hydrogens is 236 g/mol. The van der Waals surface area contributed by atoms with Crippen LogP contribution in [0.1, 0.15) is 26.2 Å². The monoisotopic (exact) mass is 248 g/mol. The van der Waals surface area contributed by atoms with Gasteiger partial charge in [0.2, 0.25) is 0 Å². The Hall–Kier alpha value is -0.0900. The van der Waals surface area contributed by atoms with Crippen LogP contribution in [0, 0.1) is 5.92 Å². The number of esters is 1. The van der Waals surface area contributed by atoms with Crippen molar-refractivity contribution in [2.45, 2.75) is 42.7 Å². The lowest BCUT2D eigenvalue weighted by Gasteiger charge is -2.31. The molecule has 4 heteroatoms. The van der Waals surface area contributed by atoms with Crippen LogP contribution in [-0.4, -0.2) is 27.6 Å². The highest BCUT2D eigenvalue weighted by molar-refractivity contribution is 9.09. The molecule has 74 valence electrons. The van der Waals surface area contributed by atoms with E-state index >= 15 is 0 Å². The lowest BCUT2D eigenvalue weighted by atomic mass is 9.78. The van der Waals surface area contributed by atoms with E-state index < -0.39 is 11.6 Å². The van der Waals surface area contributed by atoms with E-state index in [1.165, 1.54) is 0 Å². The van der Waals surface area contributed by atoms with Gasteiger partial charge in [0.1, 0.15) is 6.10 Å². The van der Waals surface area contributed by atoms with E-state index in [9.17, 15) is 9.90 Å². The molecule has 1 saturated heterocycles. The van der Waals surface area contributed by atoms with Crippen molar-refractivity contribution in [3.05, 3.63) is 0 Å². The molecule has 1 aliphatic carbocycles. The Bertz CT molecular complexity index is 239. The van der Waals surface area contributed by atoms with Gasteiger partial charge in [0.15, 0.2) is 5.60 Å². The normalized spacial score (nSPS) is 50.1. The number of carbonyl (C=O) groups is 1. The summed E-state index contributed by atoms with van der Waals surface area (Å²) in [6, 6.07) is 0. The van der Waals surface area contributed by atoms with Gasteiger partial charge in [-0.2, -0.15) is 0 Å². The minimum atomic E-state index is -1.27. The summed E-state index contributed by atoms with van der Waals surface area (Å²) in [6.45, 7) is 1.56. The molecule has 1 saturated carbocycles. The van der Waals surface area contributed by atoms with Crippen molar-refractivity contribution in [2.75, 3.05) is 0 Å². The van der Waals surface area contributed by atoms with Crippen LogP contribution in [-0.2, 0) is 9.53 Å². The SMILES string of the molecule is C[C@@]1(O)C(=O)O[C@@H]2[C@@H](Br)CCC[C@@H]21. The van der Waals surface area contributed by atoms with Gasteiger partial charge in [0.25, 0.3) is 0 Å². The highest BCUT2D eigenvalue weighted by Gasteiger charge is 2.55. The van der Waals surface area contributed by atoms with Crippen molar-refractivity contribution in [1.82, 2.24) is 0 Å². The Morgan fingerprint density at radius 2 is 2.31 bits per heavy atom. The van der Waals surface area contributed by atoms with Crippen molar-refractivity contribution >= 4 is 21.9 Å². The summed E-state index contributed by atoms with van der Waals surface area (Å²) in [5.74, 6) is -0.494. The van der Waals surface area contributed by atoms with Gasteiger partial charge >= 0.3 is 5.97 Å². The van der Waals surface area contributed by atoms with Crippen LogP contribution in [0.4, 0.5) is 0 Å². The third kappa shape index (κ3) is 1.31. The predicted octanol–water partition coefficient (Wildman–Crippen LogP) is 1.23. The van der Waals surface area contributed by atoms with E-state index in [-0.39, 0.29) is 16.8 Å². The van der Waals surface area contributed by atoms with Gasteiger partial charge in [-0.15, -0.1) is 0 Å². The third-order valence-corrected chi connectivity index (χ3v) is 4.11. The molecule has 0 bridgehead atoms. The highest BCUT2D eigenvalue weighted by atomic mass is 79.9. The molecule has 1 heterocycles. The van der Waals surface area contributed by atoms with Crippen LogP contribution >= 0.6 is 15.9 Å². The second kappa shape index (κ2) is 2.95. The molecular formula is C9H13BrO3. The zero-order chi connectivity index (χ0) is 9.64. The van der Waals surface area contributed by atoms with Gasteiger partial charge in [-0.1, -0.05) is 22.4 Å². The molecule has 2 aliphatic rings. The zero-order valence-electron chi connectivity index (χ0n) is 7.50. The maximum absolute atomic E-state index is 11.3. The van der Waals surface area contributed by atoms with Crippen LogP contribution in [0.25, 0.3) is 0 Å². The number of alkyl halides is 1. The minimum Gasteiger partial charge on any atom is -0.459 e. The third-order valence-electron chi connectivity index (χ3n) is 3.13. The van der Waals surface area contributed by atoms with Crippen LogP contribution in [0.15, 0.2) is 0 Å². The smallest absolute Gasteiger partial charge is 0.338 e. The summed E-state index contributed by atoms with van der Waals surface area (Å²) in [4.78, 5) is 11.5.